The third-order valence-corrected chi connectivity index (χ3v) is 1.10. The quantitative estimate of drug-likeness (QED) is 0.434. The standard InChI is InChI=1S/C5H10O/c1-4(2)5-3-6-5/h4-5H,3H2,1-2H3/t5-/m1/s1. The van der Waals surface area contributed by atoms with Gasteiger partial charge < -0.3 is 4.74 Å². The molecule has 1 aliphatic heterocycles. The first-order valence-corrected chi connectivity index (χ1v) is 2.42. The van der Waals surface area contributed by atoms with Gasteiger partial charge in [-0.1, -0.05) is 13.8 Å². The second-order valence-electron chi connectivity index (χ2n) is 2.12. The van der Waals surface area contributed by atoms with Crippen LogP contribution in [-0.2, 0) is 4.74 Å². The smallest absolute Gasteiger partial charge is 0.0832 e. The van der Waals surface area contributed by atoms with Crippen LogP contribution in [0.25, 0.3) is 0 Å². The zero-order valence-electron chi connectivity index (χ0n) is 4.27. The molecule has 1 atom stereocenters. The lowest BCUT2D eigenvalue weighted by molar-refractivity contribution is 0.356. The van der Waals surface area contributed by atoms with Crippen LogP contribution in [-0.4, -0.2) is 12.7 Å². The van der Waals surface area contributed by atoms with Gasteiger partial charge >= 0.3 is 0 Å². The molecule has 0 bridgehead atoms. The fourth-order valence-electron chi connectivity index (χ4n) is 0.440. The largest absolute Gasteiger partial charge is 0.373 e. The van der Waals surface area contributed by atoms with E-state index >= 15 is 0 Å². The molecule has 36 valence electrons. The molecule has 0 aromatic carbocycles. The molecule has 1 heterocycles. The van der Waals surface area contributed by atoms with Crippen molar-refractivity contribution in [1.82, 2.24) is 0 Å². The van der Waals surface area contributed by atoms with Gasteiger partial charge in [-0.2, -0.15) is 0 Å². The molecule has 0 aromatic rings. The Morgan fingerprint density at radius 2 is 2.17 bits per heavy atom. The molecular weight excluding hydrogens is 76.1 g/mol. The van der Waals surface area contributed by atoms with E-state index in [-0.39, 0.29) is 0 Å². The summed E-state index contributed by atoms with van der Waals surface area (Å²) >= 11 is 0. The summed E-state index contributed by atoms with van der Waals surface area (Å²) < 4.78 is 4.97. The third-order valence-electron chi connectivity index (χ3n) is 1.10. The summed E-state index contributed by atoms with van der Waals surface area (Å²) in [5, 5.41) is 0. The Balaban J connectivity index is 2.13. The first-order chi connectivity index (χ1) is 2.80. The molecule has 1 saturated heterocycles. The SMILES string of the molecule is CC(C)[C@H]1CO1. The van der Waals surface area contributed by atoms with Crippen LogP contribution in [0.15, 0.2) is 0 Å². The van der Waals surface area contributed by atoms with Gasteiger partial charge in [-0.3, -0.25) is 0 Å². The predicted molar refractivity (Wildman–Crippen MR) is 24.6 cm³/mol. The molecule has 1 nitrogen and oxygen atoms in total. The first kappa shape index (κ1) is 4.13. The summed E-state index contributed by atoms with van der Waals surface area (Å²) in [6.45, 7) is 5.35. The van der Waals surface area contributed by atoms with Crippen molar-refractivity contribution in [2.75, 3.05) is 6.61 Å². The highest BCUT2D eigenvalue weighted by molar-refractivity contribution is 4.71. The van der Waals surface area contributed by atoms with Crippen LogP contribution in [0.4, 0.5) is 0 Å². The Bertz CT molecular complexity index is 45.9. The van der Waals surface area contributed by atoms with E-state index in [9.17, 15) is 0 Å². The van der Waals surface area contributed by atoms with Crippen molar-refractivity contribution < 1.29 is 4.74 Å². The van der Waals surface area contributed by atoms with Crippen LogP contribution in [0.1, 0.15) is 13.8 Å². The average molecular weight is 86.1 g/mol. The van der Waals surface area contributed by atoms with Gasteiger partial charge in [0.25, 0.3) is 0 Å². The summed E-state index contributed by atoms with van der Waals surface area (Å²) in [6, 6.07) is 0. The van der Waals surface area contributed by atoms with Gasteiger partial charge in [-0.05, 0) is 5.92 Å². The van der Waals surface area contributed by atoms with Crippen molar-refractivity contribution in [2.45, 2.75) is 20.0 Å². The molecule has 0 radical (unpaired) electrons. The van der Waals surface area contributed by atoms with Crippen molar-refractivity contribution in [3.05, 3.63) is 0 Å². The molecule has 0 aromatic heterocycles. The van der Waals surface area contributed by atoms with Gasteiger partial charge in [0.05, 0.1) is 12.7 Å². The summed E-state index contributed by atoms with van der Waals surface area (Å²) in [4.78, 5) is 0. The number of epoxide rings is 1. The molecular formula is C5H10O. The maximum atomic E-state index is 4.97. The lowest BCUT2D eigenvalue weighted by atomic mass is 10.2. The van der Waals surface area contributed by atoms with E-state index in [1.807, 2.05) is 0 Å². The summed E-state index contributed by atoms with van der Waals surface area (Å²) in [7, 11) is 0. The zero-order chi connectivity index (χ0) is 4.57. The van der Waals surface area contributed by atoms with E-state index in [4.69, 9.17) is 4.74 Å². The monoisotopic (exact) mass is 86.1 g/mol. The lowest BCUT2D eigenvalue weighted by Gasteiger charge is -1.90. The van der Waals surface area contributed by atoms with Crippen LogP contribution < -0.4 is 0 Å². The maximum Gasteiger partial charge on any atom is 0.0832 e. The summed E-state index contributed by atoms with van der Waals surface area (Å²) in [5.41, 5.74) is 0. The van der Waals surface area contributed by atoms with E-state index in [1.54, 1.807) is 0 Å². The molecule has 0 amide bonds. The fourth-order valence-corrected chi connectivity index (χ4v) is 0.440. The van der Waals surface area contributed by atoms with E-state index in [0.717, 1.165) is 12.5 Å². The van der Waals surface area contributed by atoms with E-state index in [1.165, 1.54) is 0 Å². The number of hydrogen-bond donors (Lipinski definition) is 0. The lowest BCUT2D eigenvalue weighted by Crippen LogP contribution is -1.94. The molecule has 0 aliphatic carbocycles. The molecule has 0 unspecified atom stereocenters. The molecule has 1 rings (SSSR count). The van der Waals surface area contributed by atoms with Gasteiger partial charge in [-0.25, -0.2) is 0 Å². The summed E-state index contributed by atoms with van der Waals surface area (Å²) in [6.07, 6.45) is 0.602. The Hall–Kier alpha value is -0.0400. The maximum absolute atomic E-state index is 4.97. The van der Waals surface area contributed by atoms with E-state index in [2.05, 4.69) is 13.8 Å². The number of hydrogen-bond acceptors (Lipinski definition) is 1. The highest BCUT2D eigenvalue weighted by Crippen LogP contribution is 2.17. The van der Waals surface area contributed by atoms with Crippen molar-refractivity contribution in [2.24, 2.45) is 5.92 Å². The minimum absolute atomic E-state index is 0.602. The van der Waals surface area contributed by atoms with Crippen molar-refractivity contribution in [1.29, 1.82) is 0 Å². The van der Waals surface area contributed by atoms with Crippen molar-refractivity contribution >= 4 is 0 Å². The van der Waals surface area contributed by atoms with Crippen LogP contribution in [0.2, 0.25) is 0 Å². The molecule has 0 N–H and O–H groups in total. The van der Waals surface area contributed by atoms with Crippen LogP contribution in [0.5, 0.6) is 0 Å². The van der Waals surface area contributed by atoms with Crippen molar-refractivity contribution in [3.8, 4) is 0 Å². The Morgan fingerprint density at radius 1 is 1.67 bits per heavy atom. The first-order valence-electron chi connectivity index (χ1n) is 2.42. The number of rotatable bonds is 1. The Morgan fingerprint density at radius 3 is 2.17 bits per heavy atom. The van der Waals surface area contributed by atoms with E-state index < -0.39 is 0 Å². The summed E-state index contributed by atoms with van der Waals surface area (Å²) in [5.74, 6) is 0.741. The topological polar surface area (TPSA) is 12.5 Å². The van der Waals surface area contributed by atoms with Gasteiger partial charge in [0.1, 0.15) is 0 Å². The van der Waals surface area contributed by atoms with Crippen LogP contribution >= 0.6 is 0 Å². The van der Waals surface area contributed by atoms with Gasteiger partial charge in [0.2, 0.25) is 0 Å². The van der Waals surface area contributed by atoms with Crippen LogP contribution in [0, 0.1) is 5.92 Å². The molecule has 1 aliphatic rings. The van der Waals surface area contributed by atoms with E-state index in [0.29, 0.717) is 6.10 Å². The normalized spacial score (nSPS) is 31.5. The zero-order valence-corrected chi connectivity index (χ0v) is 4.27. The Kier molecular flexibility index (Phi) is 0.845. The Labute approximate surface area is 38.3 Å². The average Bonchev–Trinajstić information content (AvgIpc) is 2.06. The molecule has 1 heteroatoms. The van der Waals surface area contributed by atoms with Gasteiger partial charge in [0, 0.05) is 0 Å². The van der Waals surface area contributed by atoms with Gasteiger partial charge in [-0.15, -0.1) is 0 Å². The predicted octanol–water partition coefficient (Wildman–Crippen LogP) is 1.04. The second kappa shape index (κ2) is 1.23. The van der Waals surface area contributed by atoms with Crippen molar-refractivity contribution in [3.63, 3.8) is 0 Å². The molecule has 0 spiro atoms. The fraction of sp³-hybridized carbons (Fsp3) is 1.00. The molecule has 1 fully saturated rings. The number of ether oxygens (including phenoxy) is 1. The second-order valence-corrected chi connectivity index (χ2v) is 2.12. The minimum Gasteiger partial charge on any atom is -0.373 e. The van der Waals surface area contributed by atoms with Gasteiger partial charge in [0.15, 0.2) is 0 Å². The third kappa shape index (κ3) is 0.716. The molecule has 0 saturated carbocycles. The minimum atomic E-state index is 0.602. The highest BCUT2D eigenvalue weighted by Gasteiger charge is 2.25. The van der Waals surface area contributed by atoms with Crippen LogP contribution in [0.3, 0.4) is 0 Å². The highest BCUT2D eigenvalue weighted by atomic mass is 16.6. The molecule has 6 heavy (non-hydrogen) atoms.